The van der Waals surface area contributed by atoms with Crippen LogP contribution >= 0.6 is 0 Å². The lowest BCUT2D eigenvalue weighted by atomic mass is 10.1. The predicted octanol–water partition coefficient (Wildman–Crippen LogP) is 1.66. The van der Waals surface area contributed by atoms with Gasteiger partial charge in [-0.1, -0.05) is 25.7 Å². The van der Waals surface area contributed by atoms with Gasteiger partial charge in [-0.2, -0.15) is 0 Å². The Bertz CT molecular complexity index is 569. The van der Waals surface area contributed by atoms with Crippen molar-refractivity contribution >= 4 is 5.91 Å². The van der Waals surface area contributed by atoms with Gasteiger partial charge in [-0.3, -0.25) is 4.79 Å². The molecule has 1 aliphatic carbocycles. The molecule has 3 N–H and O–H groups in total. The molecule has 2 rings (SSSR count). The first kappa shape index (κ1) is 13.6. The van der Waals surface area contributed by atoms with Crippen LogP contribution < -0.4 is 11.1 Å². The van der Waals surface area contributed by atoms with Crippen molar-refractivity contribution in [2.45, 2.75) is 26.3 Å². The summed E-state index contributed by atoms with van der Waals surface area (Å²) in [6, 6.07) is 4.38. The average Bonchev–Trinajstić information content (AvgIpc) is 2.95. The number of carbonyl (C=O) groups is 1. The van der Waals surface area contributed by atoms with Gasteiger partial charge in [0, 0.05) is 11.6 Å². The number of hydrogen-bond donors (Lipinski definition) is 2. The summed E-state index contributed by atoms with van der Waals surface area (Å²) in [5.74, 6) is 4.55. The van der Waals surface area contributed by atoms with Crippen molar-refractivity contribution in [2.75, 3.05) is 6.54 Å². The summed E-state index contributed by atoms with van der Waals surface area (Å²) >= 11 is 0. The largest absolute Gasteiger partial charge is 0.349 e. The molecule has 0 aromatic heterocycles. The molecule has 0 spiro atoms. The Hall–Kier alpha value is -1.86. The van der Waals surface area contributed by atoms with Crippen molar-refractivity contribution < 1.29 is 9.18 Å². The van der Waals surface area contributed by atoms with Crippen molar-refractivity contribution in [1.82, 2.24) is 5.32 Å². The molecule has 1 aromatic carbocycles. The lowest BCUT2D eigenvalue weighted by molar-refractivity contribution is 0.0942. The number of hydrogen-bond acceptors (Lipinski definition) is 2. The van der Waals surface area contributed by atoms with Gasteiger partial charge in [0.05, 0.1) is 12.1 Å². The average molecular weight is 260 g/mol. The van der Waals surface area contributed by atoms with Crippen LogP contribution in [0.25, 0.3) is 0 Å². The third kappa shape index (κ3) is 3.12. The molecule has 1 atom stereocenters. The summed E-state index contributed by atoms with van der Waals surface area (Å²) in [7, 11) is 0. The zero-order chi connectivity index (χ0) is 14.0. The molecule has 1 fully saturated rings. The molecular weight excluding hydrogens is 243 g/mol. The summed E-state index contributed by atoms with van der Waals surface area (Å²) in [5.41, 5.74) is 6.02. The van der Waals surface area contributed by atoms with E-state index in [-0.39, 0.29) is 29.5 Å². The van der Waals surface area contributed by atoms with Gasteiger partial charge in [-0.05, 0) is 30.0 Å². The molecule has 100 valence electrons. The maximum atomic E-state index is 13.7. The van der Waals surface area contributed by atoms with Crippen LogP contribution in [0.4, 0.5) is 4.39 Å². The van der Waals surface area contributed by atoms with Crippen molar-refractivity contribution in [3.8, 4) is 11.8 Å². The van der Waals surface area contributed by atoms with Gasteiger partial charge in [0.15, 0.2) is 0 Å². The van der Waals surface area contributed by atoms with Gasteiger partial charge >= 0.3 is 0 Å². The fraction of sp³-hybridized carbons (Fsp3) is 0.400. The normalized spacial score (nSPS) is 19.3. The fourth-order valence-corrected chi connectivity index (χ4v) is 1.88. The molecule has 0 radical (unpaired) electrons. The summed E-state index contributed by atoms with van der Waals surface area (Å²) in [5, 5.41) is 2.83. The zero-order valence-electron chi connectivity index (χ0n) is 11.1. The molecule has 19 heavy (non-hydrogen) atoms. The number of nitrogens with one attached hydrogen (secondary N) is 1. The Labute approximate surface area is 112 Å². The van der Waals surface area contributed by atoms with Crippen LogP contribution in [-0.2, 0) is 0 Å². The summed E-state index contributed by atoms with van der Waals surface area (Å²) in [6.07, 6.45) is 0.924. The molecule has 0 heterocycles. The lowest BCUT2D eigenvalue weighted by Crippen LogP contribution is -2.29. The van der Waals surface area contributed by atoms with E-state index in [0.29, 0.717) is 5.56 Å². The number of benzene rings is 1. The molecule has 1 amide bonds. The minimum Gasteiger partial charge on any atom is -0.349 e. The van der Waals surface area contributed by atoms with Crippen LogP contribution in [0.15, 0.2) is 18.2 Å². The van der Waals surface area contributed by atoms with Gasteiger partial charge in [0.1, 0.15) is 5.82 Å². The van der Waals surface area contributed by atoms with E-state index in [4.69, 9.17) is 5.73 Å². The maximum Gasteiger partial charge on any atom is 0.254 e. The van der Waals surface area contributed by atoms with E-state index >= 15 is 0 Å². The van der Waals surface area contributed by atoms with Gasteiger partial charge in [0.25, 0.3) is 5.91 Å². The molecule has 4 heteroatoms. The number of halogens is 1. The highest BCUT2D eigenvalue weighted by atomic mass is 19.1. The summed E-state index contributed by atoms with van der Waals surface area (Å²) in [4.78, 5) is 12.0. The quantitative estimate of drug-likeness (QED) is 0.795. The van der Waals surface area contributed by atoms with Gasteiger partial charge in [-0.25, -0.2) is 4.39 Å². The second kappa shape index (κ2) is 5.02. The van der Waals surface area contributed by atoms with Crippen molar-refractivity contribution in [2.24, 2.45) is 11.1 Å². The Balaban J connectivity index is 2.16. The fourth-order valence-electron chi connectivity index (χ4n) is 1.88. The van der Waals surface area contributed by atoms with Crippen molar-refractivity contribution in [1.29, 1.82) is 0 Å². The van der Waals surface area contributed by atoms with Crippen LogP contribution in [-0.4, -0.2) is 18.5 Å². The Morgan fingerprint density at radius 2 is 2.26 bits per heavy atom. The Morgan fingerprint density at radius 1 is 1.58 bits per heavy atom. The van der Waals surface area contributed by atoms with Crippen molar-refractivity contribution in [3.05, 3.63) is 35.1 Å². The second-order valence-electron chi connectivity index (χ2n) is 5.42. The number of carbonyl (C=O) groups excluding carboxylic acids is 1. The summed E-state index contributed by atoms with van der Waals surface area (Å²) < 4.78 is 13.7. The second-order valence-corrected chi connectivity index (χ2v) is 5.42. The SMILES string of the molecule is CC1(C)CC1NC(=O)c1cc(C#CCN)ccc1F. The molecular formula is C15H17FN2O. The van der Waals surface area contributed by atoms with Crippen LogP contribution in [0.2, 0.25) is 0 Å². The van der Waals surface area contributed by atoms with E-state index < -0.39 is 5.82 Å². The zero-order valence-corrected chi connectivity index (χ0v) is 11.1. The highest BCUT2D eigenvalue weighted by Crippen LogP contribution is 2.44. The van der Waals surface area contributed by atoms with Crippen LogP contribution in [0.1, 0.15) is 36.2 Å². The van der Waals surface area contributed by atoms with Gasteiger partial charge in [0.2, 0.25) is 0 Å². The number of amides is 1. The number of nitrogens with two attached hydrogens (primary N) is 1. The van der Waals surface area contributed by atoms with E-state index in [9.17, 15) is 9.18 Å². The Kier molecular flexibility index (Phi) is 3.59. The van der Waals surface area contributed by atoms with Gasteiger partial charge < -0.3 is 11.1 Å². The topological polar surface area (TPSA) is 55.1 Å². The van der Waals surface area contributed by atoms with E-state index in [1.165, 1.54) is 18.2 Å². The maximum absolute atomic E-state index is 13.7. The molecule has 1 saturated carbocycles. The van der Waals surface area contributed by atoms with E-state index in [2.05, 4.69) is 31.0 Å². The highest BCUT2D eigenvalue weighted by Gasteiger charge is 2.46. The monoisotopic (exact) mass is 260 g/mol. The van der Waals surface area contributed by atoms with Crippen LogP contribution in [0, 0.1) is 23.1 Å². The molecule has 3 nitrogen and oxygen atoms in total. The highest BCUT2D eigenvalue weighted by molar-refractivity contribution is 5.95. The molecule has 1 aromatic rings. The first-order valence-corrected chi connectivity index (χ1v) is 6.23. The third-order valence-corrected chi connectivity index (χ3v) is 3.36. The minimum absolute atomic E-state index is 0.0338. The molecule has 0 saturated heterocycles. The van der Waals surface area contributed by atoms with E-state index in [1.54, 1.807) is 0 Å². The first-order valence-electron chi connectivity index (χ1n) is 6.23. The van der Waals surface area contributed by atoms with Crippen molar-refractivity contribution in [3.63, 3.8) is 0 Å². The van der Waals surface area contributed by atoms with Crippen LogP contribution in [0.5, 0.6) is 0 Å². The molecule has 0 aliphatic heterocycles. The lowest BCUT2D eigenvalue weighted by Gasteiger charge is -2.08. The minimum atomic E-state index is -0.533. The van der Waals surface area contributed by atoms with Crippen LogP contribution in [0.3, 0.4) is 0 Å². The summed E-state index contributed by atoms with van der Waals surface area (Å²) in [6.45, 7) is 4.37. The smallest absolute Gasteiger partial charge is 0.254 e. The molecule has 0 bridgehead atoms. The van der Waals surface area contributed by atoms with E-state index in [0.717, 1.165) is 6.42 Å². The van der Waals surface area contributed by atoms with E-state index in [1.807, 2.05) is 0 Å². The number of rotatable bonds is 2. The Morgan fingerprint density at radius 3 is 2.84 bits per heavy atom. The first-order chi connectivity index (χ1) is 8.94. The molecule has 1 unspecified atom stereocenters. The third-order valence-electron chi connectivity index (χ3n) is 3.36. The standard InChI is InChI=1S/C15H17FN2O/c1-15(2)9-13(15)18-14(19)11-8-10(4-3-7-17)5-6-12(11)16/h5-6,8,13H,7,9,17H2,1-2H3,(H,18,19). The predicted molar refractivity (Wildman–Crippen MR) is 72.0 cm³/mol. The van der Waals surface area contributed by atoms with Gasteiger partial charge in [-0.15, -0.1) is 0 Å². The molecule has 1 aliphatic rings.